The third kappa shape index (κ3) is 4.30. The summed E-state index contributed by atoms with van der Waals surface area (Å²) in [5.41, 5.74) is -1.24. The Kier molecular flexibility index (Phi) is 5.24. The lowest BCUT2D eigenvalue weighted by Gasteiger charge is -2.29. The van der Waals surface area contributed by atoms with Crippen molar-refractivity contribution in [1.82, 2.24) is 0 Å². The maximum Gasteiger partial charge on any atom is 0.573 e. The van der Waals surface area contributed by atoms with Gasteiger partial charge in [0.25, 0.3) is 0 Å². The van der Waals surface area contributed by atoms with Crippen molar-refractivity contribution in [3.05, 3.63) is 35.4 Å². The SMILES string of the molecule is C=Cc1cc(OC(F)(F)F)cc2c1OC(C(F)(F)F)C(C(=O)OCC)=C2. The molecule has 4 nitrogen and oxygen atoms in total. The second kappa shape index (κ2) is 6.93. The van der Waals surface area contributed by atoms with E-state index < -0.39 is 35.9 Å². The van der Waals surface area contributed by atoms with Crippen LogP contribution >= 0.6 is 0 Å². The van der Waals surface area contributed by atoms with E-state index in [9.17, 15) is 31.1 Å². The molecule has 0 radical (unpaired) electrons. The topological polar surface area (TPSA) is 44.8 Å². The van der Waals surface area contributed by atoms with E-state index in [0.717, 1.165) is 24.3 Å². The highest BCUT2D eigenvalue weighted by molar-refractivity contribution is 5.97. The molecule has 1 aliphatic heterocycles. The summed E-state index contributed by atoms with van der Waals surface area (Å²) < 4.78 is 90.2. The van der Waals surface area contributed by atoms with Gasteiger partial charge in [-0.25, -0.2) is 4.79 Å². The number of fused-ring (bicyclic) bond motifs is 1. The number of hydrogen-bond donors (Lipinski definition) is 0. The molecular formula is C16H12F6O4. The highest BCUT2D eigenvalue weighted by Gasteiger charge is 2.49. The van der Waals surface area contributed by atoms with Crippen LogP contribution in [0, 0.1) is 0 Å². The van der Waals surface area contributed by atoms with Gasteiger partial charge in [0.1, 0.15) is 11.5 Å². The molecule has 1 atom stereocenters. The smallest absolute Gasteiger partial charge is 0.475 e. The summed E-state index contributed by atoms with van der Waals surface area (Å²) in [4.78, 5) is 11.8. The van der Waals surface area contributed by atoms with Gasteiger partial charge in [0.2, 0.25) is 6.10 Å². The number of halogens is 6. The number of benzene rings is 1. The predicted molar refractivity (Wildman–Crippen MR) is 78.3 cm³/mol. The molecule has 26 heavy (non-hydrogen) atoms. The van der Waals surface area contributed by atoms with Crippen LogP contribution in [0.2, 0.25) is 0 Å². The highest BCUT2D eigenvalue weighted by atomic mass is 19.4. The molecule has 0 fully saturated rings. The molecule has 1 aromatic rings. The first kappa shape index (κ1) is 19.7. The van der Waals surface area contributed by atoms with Crippen molar-refractivity contribution in [2.75, 3.05) is 6.61 Å². The van der Waals surface area contributed by atoms with Gasteiger partial charge in [0.05, 0.1) is 12.2 Å². The molecule has 142 valence electrons. The molecule has 0 saturated heterocycles. The lowest BCUT2D eigenvalue weighted by molar-refractivity contribution is -0.274. The number of rotatable bonds is 4. The van der Waals surface area contributed by atoms with Crippen molar-refractivity contribution in [3.8, 4) is 11.5 Å². The van der Waals surface area contributed by atoms with Gasteiger partial charge >= 0.3 is 18.5 Å². The second-order valence-electron chi connectivity index (χ2n) is 5.04. The zero-order chi connectivity index (χ0) is 19.7. The molecular weight excluding hydrogens is 370 g/mol. The van der Waals surface area contributed by atoms with Crippen LogP contribution in [0.1, 0.15) is 18.1 Å². The summed E-state index contributed by atoms with van der Waals surface area (Å²) in [6.45, 7) is 4.54. The fourth-order valence-electron chi connectivity index (χ4n) is 2.28. The van der Waals surface area contributed by atoms with Gasteiger partial charge in [-0.15, -0.1) is 13.2 Å². The van der Waals surface area contributed by atoms with Crippen LogP contribution in [-0.4, -0.2) is 31.2 Å². The van der Waals surface area contributed by atoms with Crippen molar-refractivity contribution >= 4 is 18.1 Å². The van der Waals surface area contributed by atoms with E-state index in [-0.39, 0.29) is 23.5 Å². The summed E-state index contributed by atoms with van der Waals surface area (Å²) >= 11 is 0. The molecule has 1 heterocycles. The number of carbonyl (C=O) groups is 1. The minimum atomic E-state index is -5.01. The number of hydrogen-bond acceptors (Lipinski definition) is 4. The average Bonchev–Trinajstić information content (AvgIpc) is 2.50. The molecule has 0 N–H and O–H groups in total. The van der Waals surface area contributed by atoms with Gasteiger partial charge < -0.3 is 14.2 Å². The Morgan fingerprint density at radius 2 is 1.92 bits per heavy atom. The lowest BCUT2D eigenvalue weighted by Crippen LogP contribution is -2.41. The molecule has 0 spiro atoms. The molecule has 1 unspecified atom stereocenters. The first-order valence-corrected chi connectivity index (χ1v) is 7.14. The van der Waals surface area contributed by atoms with Crippen LogP contribution in [0.4, 0.5) is 26.3 Å². The van der Waals surface area contributed by atoms with E-state index in [1.807, 2.05) is 0 Å². The zero-order valence-corrected chi connectivity index (χ0v) is 13.2. The van der Waals surface area contributed by atoms with Crippen molar-refractivity contribution in [2.45, 2.75) is 25.6 Å². The Morgan fingerprint density at radius 1 is 1.27 bits per heavy atom. The quantitative estimate of drug-likeness (QED) is 0.568. The van der Waals surface area contributed by atoms with Crippen molar-refractivity contribution in [1.29, 1.82) is 0 Å². The number of alkyl halides is 6. The molecule has 10 heteroatoms. The molecule has 1 aliphatic rings. The first-order valence-electron chi connectivity index (χ1n) is 7.14. The van der Waals surface area contributed by atoms with Crippen LogP contribution < -0.4 is 9.47 Å². The van der Waals surface area contributed by atoms with E-state index in [2.05, 4.69) is 16.1 Å². The Bertz CT molecular complexity index is 748. The molecule has 1 aromatic carbocycles. The van der Waals surface area contributed by atoms with E-state index >= 15 is 0 Å². The first-order chi connectivity index (χ1) is 12.0. The lowest BCUT2D eigenvalue weighted by atomic mass is 9.98. The van der Waals surface area contributed by atoms with Gasteiger partial charge in [-0.3, -0.25) is 0 Å². The summed E-state index contributed by atoms with van der Waals surface area (Å²) in [7, 11) is 0. The van der Waals surface area contributed by atoms with Crippen molar-refractivity contribution < 1.29 is 45.3 Å². The maximum absolute atomic E-state index is 13.3. The van der Waals surface area contributed by atoms with Crippen molar-refractivity contribution in [2.24, 2.45) is 0 Å². The summed E-state index contributed by atoms with van der Waals surface area (Å²) in [6, 6.07) is 1.64. The number of carbonyl (C=O) groups excluding carboxylic acids is 1. The van der Waals surface area contributed by atoms with Crippen LogP contribution in [0.25, 0.3) is 12.2 Å². The van der Waals surface area contributed by atoms with Crippen molar-refractivity contribution in [3.63, 3.8) is 0 Å². The minimum absolute atomic E-state index is 0.157. The fourth-order valence-corrected chi connectivity index (χ4v) is 2.28. The zero-order valence-electron chi connectivity index (χ0n) is 13.2. The Balaban J connectivity index is 2.60. The van der Waals surface area contributed by atoms with Crippen LogP contribution in [-0.2, 0) is 9.53 Å². The second-order valence-corrected chi connectivity index (χ2v) is 5.04. The largest absolute Gasteiger partial charge is 0.573 e. The molecule has 0 bridgehead atoms. The molecule has 2 rings (SSSR count). The Morgan fingerprint density at radius 3 is 2.42 bits per heavy atom. The summed E-state index contributed by atoms with van der Waals surface area (Å²) in [5.74, 6) is -2.35. The number of esters is 1. The predicted octanol–water partition coefficient (Wildman–Crippen LogP) is 4.50. The Labute approximate surface area is 143 Å². The van der Waals surface area contributed by atoms with E-state index in [4.69, 9.17) is 4.74 Å². The highest BCUT2D eigenvalue weighted by Crippen LogP contribution is 2.42. The van der Waals surface area contributed by atoms with Crippen LogP contribution in [0.3, 0.4) is 0 Å². The minimum Gasteiger partial charge on any atom is -0.475 e. The van der Waals surface area contributed by atoms with Gasteiger partial charge in [-0.1, -0.05) is 12.7 Å². The van der Waals surface area contributed by atoms with E-state index in [1.54, 1.807) is 0 Å². The third-order valence-corrected chi connectivity index (χ3v) is 3.21. The molecule has 0 amide bonds. The van der Waals surface area contributed by atoms with Gasteiger partial charge in [-0.05, 0) is 25.1 Å². The van der Waals surface area contributed by atoms with Gasteiger partial charge in [0, 0.05) is 11.1 Å². The number of ether oxygens (including phenoxy) is 3. The molecule has 0 saturated carbocycles. The average molecular weight is 382 g/mol. The van der Waals surface area contributed by atoms with Crippen LogP contribution in [0.15, 0.2) is 24.3 Å². The van der Waals surface area contributed by atoms with E-state index in [0.29, 0.717) is 0 Å². The fraction of sp³-hybridized carbons (Fsp3) is 0.312. The van der Waals surface area contributed by atoms with Gasteiger partial charge in [-0.2, -0.15) is 13.2 Å². The summed E-state index contributed by atoms with van der Waals surface area (Å²) in [6.07, 6.45) is -10.8. The van der Waals surface area contributed by atoms with E-state index in [1.165, 1.54) is 6.92 Å². The maximum atomic E-state index is 13.3. The Hall–Kier alpha value is -2.65. The standard InChI is InChI=1S/C16H12F6O4/c1-3-8-5-10(26-16(20,21)22)6-9-7-11(14(23)24-4-2)13(15(17,18)19)25-12(8)9/h3,5-7,13H,1,4H2,2H3. The normalized spacial score (nSPS) is 16.9. The van der Waals surface area contributed by atoms with Crippen LogP contribution in [0.5, 0.6) is 11.5 Å². The monoisotopic (exact) mass is 382 g/mol. The third-order valence-electron chi connectivity index (χ3n) is 3.21. The summed E-state index contributed by atoms with van der Waals surface area (Å²) in [5, 5.41) is 0. The molecule has 0 aliphatic carbocycles. The van der Waals surface area contributed by atoms with Gasteiger partial charge in [0.15, 0.2) is 0 Å². The molecule has 0 aromatic heterocycles.